The molecule has 0 fully saturated rings. The molecule has 0 aliphatic heterocycles. The highest BCUT2D eigenvalue weighted by molar-refractivity contribution is 5.15. The zero-order chi connectivity index (χ0) is 28.4. The van der Waals surface area contributed by atoms with E-state index in [-0.39, 0.29) is 0 Å². The van der Waals surface area contributed by atoms with Crippen LogP contribution in [0, 0.1) is 0 Å². The lowest BCUT2D eigenvalue weighted by atomic mass is 10.0. The number of hydrogen-bond donors (Lipinski definition) is 0. The molecular formula is C38H66N2. The zero-order valence-corrected chi connectivity index (χ0v) is 27.0. The minimum Gasteiger partial charge on any atom is -0.335 e. The van der Waals surface area contributed by atoms with Gasteiger partial charge in [-0.3, -0.25) is 0 Å². The first-order valence-electron chi connectivity index (χ1n) is 17.9. The minimum absolute atomic E-state index is 1.10. The summed E-state index contributed by atoms with van der Waals surface area (Å²) in [6, 6.07) is 10.9. The van der Waals surface area contributed by atoms with Gasteiger partial charge in [-0.25, -0.2) is 4.98 Å². The molecule has 0 amide bonds. The largest absolute Gasteiger partial charge is 0.335 e. The molecule has 2 rings (SSSR count). The third-order valence-corrected chi connectivity index (χ3v) is 8.66. The van der Waals surface area contributed by atoms with Crippen LogP contribution in [0.2, 0.25) is 0 Å². The third kappa shape index (κ3) is 18.0. The van der Waals surface area contributed by atoms with Gasteiger partial charge in [0.2, 0.25) is 0 Å². The van der Waals surface area contributed by atoms with Crippen molar-refractivity contribution >= 4 is 0 Å². The molecule has 0 atom stereocenters. The second-order valence-corrected chi connectivity index (χ2v) is 12.5. The van der Waals surface area contributed by atoms with Crippen LogP contribution in [0.1, 0.15) is 179 Å². The van der Waals surface area contributed by atoms with Gasteiger partial charge < -0.3 is 4.57 Å². The molecule has 0 aliphatic rings. The van der Waals surface area contributed by atoms with Crippen molar-refractivity contribution in [3.05, 3.63) is 53.6 Å². The van der Waals surface area contributed by atoms with Gasteiger partial charge in [-0.2, -0.15) is 0 Å². The summed E-state index contributed by atoms with van der Waals surface area (Å²) < 4.78 is 2.52. The Labute approximate surface area is 250 Å². The van der Waals surface area contributed by atoms with Crippen LogP contribution in [0.5, 0.6) is 0 Å². The molecular weight excluding hydrogens is 484 g/mol. The van der Waals surface area contributed by atoms with Gasteiger partial charge in [0, 0.05) is 19.2 Å². The van der Waals surface area contributed by atoms with Crippen LogP contribution in [0.4, 0.5) is 0 Å². The average molecular weight is 551 g/mol. The normalized spacial score (nSPS) is 11.4. The molecule has 0 aliphatic carbocycles. The van der Waals surface area contributed by atoms with Crippen LogP contribution in [-0.2, 0) is 25.8 Å². The van der Waals surface area contributed by atoms with Gasteiger partial charge >= 0.3 is 0 Å². The van der Waals surface area contributed by atoms with Gasteiger partial charge in [0.1, 0.15) is 5.82 Å². The molecule has 0 saturated carbocycles. The Kier molecular flexibility index (Phi) is 21.8. The molecule has 2 aromatic rings. The maximum absolute atomic E-state index is 5.13. The van der Waals surface area contributed by atoms with Crippen molar-refractivity contribution < 1.29 is 0 Å². The molecule has 0 N–H and O–H groups in total. The van der Waals surface area contributed by atoms with Crippen LogP contribution in [-0.4, -0.2) is 9.55 Å². The quantitative estimate of drug-likeness (QED) is 0.0963. The summed E-state index contributed by atoms with van der Waals surface area (Å²) in [7, 11) is 0. The predicted octanol–water partition coefficient (Wildman–Crippen LogP) is 12.2. The average Bonchev–Trinajstić information content (AvgIpc) is 3.36. The number of unbranched alkanes of at least 4 members (excludes halogenated alkanes) is 20. The SMILES string of the molecule is CCCCCCCCCCCCCCCCCCn1cc(CCCc2ccccc2)nc1CCCCCCCC. The van der Waals surface area contributed by atoms with Crippen LogP contribution in [0.25, 0.3) is 0 Å². The third-order valence-electron chi connectivity index (χ3n) is 8.66. The van der Waals surface area contributed by atoms with E-state index in [9.17, 15) is 0 Å². The van der Waals surface area contributed by atoms with E-state index in [1.165, 1.54) is 165 Å². The molecule has 2 heteroatoms. The van der Waals surface area contributed by atoms with Crippen molar-refractivity contribution in [2.24, 2.45) is 0 Å². The van der Waals surface area contributed by atoms with E-state index in [2.05, 4.69) is 54.9 Å². The Morgan fingerprint density at radius 3 is 1.48 bits per heavy atom. The number of hydrogen-bond acceptors (Lipinski definition) is 1. The summed E-state index contributed by atoms with van der Waals surface area (Å²) in [5, 5.41) is 0. The highest BCUT2D eigenvalue weighted by atomic mass is 15.1. The number of benzene rings is 1. The fraction of sp³-hybridized carbons (Fsp3) is 0.763. The molecule has 40 heavy (non-hydrogen) atoms. The van der Waals surface area contributed by atoms with Gasteiger partial charge in [0.15, 0.2) is 0 Å². The molecule has 0 unspecified atom stereocenters. The maximum Gasteiger partial charge on any atom is 0.108 e. The van der Waals surface area contributed by atoms with E-state index in [1.807, 2.05) is 0 Å². The van der Waals surface area contributed by atoms with Crippen LogP contribution < -0.4 is 0 Å². The van der Waals surface area contributed by atoms with Crippen molar-refractivity contribution in [1.82, 2.24) is 9.55 Å². The van der Waals surface area contributed by atoms with Gasteiger partial charge in [-0.1, -0.05) is 173 Å². The number of rotatable bonds is 28. The second kappa shape index (κ2) is 25.2. The summed E-state index contributed by atoms with van der Waals surface area (Å²) in [6.07, 6.45) is 38.1. The van der Waals surface area contributed by atoms with E-state index in [4.69, 9.17) is 4.98 Å². The van der Waals surface area contributed by atoms with Gasteiger partial charge in [-0.15, -0.1) is 0 Å². The standard InChI is InChI=1S/C38H66N2/c1-3-5-7-9-11-12-13-14-15-16-17-18-19-20-22-27-34-40-35-37(32-28-31-36-29-24-23-25-30-36)39-38(40)33-26-21-10-8-6-4-2/h23-25,29-30,35H,3-22,26-28,31-34H2,1-2H3. The number of aryl methyl sites for hydroxylation is 4. The number of nitrogens with zero attached hydrogens (tertiary/aromatic N) is 2. The van der Waals surface area contributed by atoms with E-state index >= 15 is 0 Å². The zero-order valence-electron chi connectivity index (χ0n) is 27.0. The van der Waals surface area contributed by atoms with Gasteiger partial charge in [0.25, 0.3) is 0 Å². The van der Waals surface area contributed by atoms with Crippen molar-refractivity contribution in [2.45, 2.75) is 187 Å². The van der Waals surface area contributed by atoms with Crippen molar-refractivity contribution in [3.8, 4) is 0 Å². The lowest BCUT2D eigenvalue weighted by Crippen LogP contribution is -2.03. The molecule has 1 aromatic heterocycles. The fourth-order valence-electron chi connectivity index (χ4n) is 6.04. The highest BCUT2D eigenvalue weighted by Crippen LogP contribution is 2.16. The molecule has 228 valence electrons. The monoisotopic (exact) mass is 551 g/mol. The Hall–Kier alpha value is -1.57. The smallest absolute Gasteiger partial charge is 0.108 e. The molecule has 0 radical (unpaired) electrons. The Morgan fingerprint density at radius 2 is 0.950 bits per heavy atom. The lowest BCUT2D eigenvalue weighted by Gasteiger charge is -2.08. The fourth-order valence-corrected chi connectivity index (χ4v) is 6.04. The van der Waals surface area contributed by atoms with E-state index < -0.39 is 0 Å². The lowest BCUT2D eigenvalue weighted by molar-refractivity contribution is 0.515. The molecule has 0 spiro atoms. The minimum atomic E-state index is 1.10. The Bertz CT molecular complexity index is 793. The molecule has 1 aromatic carbocycles. The molecule has 1 heterocycles. The predicted molar refractivity (Wildman–Crippen MR) is 177 cm³/mol. The van der Waals surface area contributed by atoms with Crippen molar-refractivity contribution in [1.29, 1.82) is 0 Å². The van der Waals surface area contributed by atoms with Crippen LogP contribution in [0.15, 0.2) is 36.5 Å². The van der Waals surface area contributed by atoms with Gasteiger partial charge in [0.05, 0.1) is 5.69 Å². The topological polar surface area (TPSA) is 17.8 Å². The Morgan fingerprint density at radius 1 is 0.475 bits per heavy atom. The summed E-state index contributed by atoms with van der Waals surface area (Å²) in [5.74, 6) is 1.35. The molecule has 0 bridgehead atoms. The van der Waals surface area contributed by atoms with Gasteiger partial charge in [-0.05, 0) is 37.7 Å². The second-order valence-electron chi connectivity index (χ2n) is 12.5. The Balaban J connectivity index is 1.57. The van der Waals surface area contributed by atoms with E-state index in [0.29, 0.717) is 0 Å². The molecule has 0 saturated heterocycles. The summed E-state index contributed by atoms with van der Waals surface area (Å²) >= 11 is 0. The first-order valence-corrected chi connectivity index (χ1v) is 17.9. The number of imidazole rings is 1. The van der Waals surface area contributed by atoms with Crippen LogP contribution in [0.3, 0.4) is 0 Å². The van der Waals surface area contributed by atoms with Crippen molar-refractivity contribution in [3.63, 3.8) is 0 Å². The highest BCUT2D eigenvalue weighted by Gasteiger charge is 2.08. The maximum atomic E-state index is 5.13. The number of aromatic nitrogens is 2. The first-order chi connectivity index (χ1) is 19.8. The summed E-state index contributed by atoms with van der Waals surface area (Å²) in [5.41, 5.74) is 2.76. The van der Waals surface area contributed by atoms with Crippen molar-refractivity contribution in [2.75, 3.05) is 0 Å². The van der Waals surface area contributed by atoms with Crippen LogP contribution >= 0.6 is 0 Å². The summed E-state index contributed by atoms with van der Waals surface area (Å²) in [6.45, 7) is 5.77. The van der Waals surface area contributed by atoms with E-state index in [1.54, 1.807) is 0 Å². The first kappa shape index (κ1) is 34.6. The summed E-state index contributed by atoms with van der Waals surface area (Å²) in [4.78, 5) is 5.13. The molecule has 2 nitrogen and oxygen atoms in total. The van der Waals surface area contributed by atoms with E-state index in [0.717, 1.165) is 25.8 Å².